The molecule has 0 radical (unpaired) electrons. The van der Waals surface area contributed by atoms with Crippen molar-refractivity contribution in [2.45, 2.75) is 13.0 Å². The molecule has 0 heterocycles. The van der Waals surface area contributed by atoms with E-state index >= 15 is 0 Å². The van der Waals surface area contributed by atoms with Crippen LogP contribution in [0, 0.1) is 0 Å². The fourth-order valence-electron chi connectivity index (χ4n) is 2.22. The zero-order valence-corrected chi connectivity index (χ0v) is 15.0. The van der Waals surface area contributed by atoms with Crippen LogP contribution >= 0.6 is 11.6 Å². The maximum Gasteiger partial charge on any atom is 0.191 e. The maximum atomic E-state index is 10.3. The molecule has 25 heavy (non-hydrogen) atoms. The van der Waals surface area contributed by atoms with E-state index < -0.39 is 6.10 Å². The standard InChI is InChI=1S/C19H24ClN3O2/c1-2-21-19(22-12-13-25-15-8-4-3-5-9-15)23-14-18(24)16-10-6-7-11-17(16)20/h3-11,18,24H,2,12-14H2,1H3,(H2,21,22,23). The molecule has 2 aromatic carbocycles. The Morgan fingerprint density at radius 1 is 1.12 bits per heavy atom. The number of hydrogen-bond acceptors (Lipinski definition) is 3. The van der Waals surface area contributed by atoms with E-state index in [-0.39, 0.29) is 6.54 Å². The number of benzene rings is 2. The first-order valence-corrected chi connectivity index (χ1v) is 8.71. The maximum absolute atomic E-state index is 10.3. The highest BCUT2D eigenvalue weighted by Gasteiger charge is 2.10. The number of hydrogen-bond donors (Lipinski definition) is 3. The van der Waals surface area contributed by atoms with Crippen molar-refractivity contribution in [3.63, 3.8) is 0 Å². The Morgan fingerprint density at radius 2 is 1.84 bits per heavy atom. The van der Waals surface area contributed by atoms with Crippen molar-refractivity contribution < 1.29 is 9.84 Å². The number of ether oxygens (including phenoxy) is 1. The highest BCUT2D eigenvalue weighted by atomic mass is 35.5. The molecule has 6 heteroatoms. The fraction of sp³-hybridized carbons (Fsp3) is 0.316. The summed E-state index contributed by atoms with van der Waals surface area (Å²) >= 11 is 6.10. The molecule has 2 aromatic rings. The van der Waals surface area contributed by atoms with Gasteiger partial charge in [-0.3, -0.25) is 4.99 Å². The summed E-state index contributed by atoms with van der Waals surface area (Å²) < 4.78 is 5.63. The molecule has 5 nitrogen and oxygen atoms in total. The molecular formula is C19H24ClN3O2. The van der Waals surface area contributed by atoms with Gasteiger partial charge < -0.3 is 20.5 Å². The second-order valence-electron chi connectivity index (χ2n) is 5.35. The number of halogens is 1. The smallest absolute Gasteiger partial charge is 0.191 e. The number of aliphatic imine (C=N–C) groups is 1. The van der Waals surface area contributed by atoms with Gasteiger partial charge in [-0.25, -0.2) is 0 Å². The van der Waals surface area contributed by atoms with Gasteiger partial charge in [0.25, 0.3) is 0 Å². The van der Waals surface area contributed by atoms with Gasteiger partial charge in [0.15, 0.2) is 5.96 Å². The van der Waals surface area contributed by atoms with Crippen molar-refractivity contribution in [3.8, 4) is 5.75 Å². The third kappa shape index (κ3) is 6.64. The topological polar surface area (TPSA) is 65.9 Å². The summed E-state index contributed by atoms with van der Waals surface area (Å²) in [6.45, 7) is 4.05. The third-order valence-electron chi connectivity index (χ3n) is 3.44. The lowest BCUT2D eigenvalue weighted by Gasteiger charge is -2.14. The summed E-state index contributed by atoms with van der Waals surface area (Å²) in [5.41, 5.74) is 0.677. The molecule has 0 aliphatic carbocycles. The number of guanidine groups is 1. The Balaban J connectivity index is 1.82. The molecule has 0 aliphatic heterocycles. The van der Waals surface area contributed by atoms with Gasteiger partial charge >= 0.3 is 0 Å². The zero-order valence-electron chi connectivity index (χ0n) is 14.3. The Morgan fingerprint density at radius 3 is 2.56 bits per heavy atom. The molecule has 0 fully saturated rings. The van der Waals surface area contributed by atoms with E-state index in [1.54, 1.807) is 12.1 Å². The monoisotopic (exact) mass is 361 g/mol. The molecule has 0 saturated carbocycles. The molecular weight excluding hydrogens is 338 g/mol. The van der Waals surface area contributed by atoms with Crippen LogP contribution in [0.1, 0.15) is 18.6 Å². The third-order valence-corrected chi connectivity index (χ3v) is 3.78. The molecule has 3 N–H and O–H groups in total. The Bertz CT molecular complexity index is 665. The van der Waals surface area contributed by atoms with Crippen LogP contribution in [0.4, 0.5) is 0 Å². The lowest BCUT2D eigenvalue weighted by molar-refractivity contribution is 0.187. The highest BCUT2D eigenvalue weighted by Crippen LogP contribution is 2.22. The van der Waals surface area contributed by atoms with Crippen molar-refractivity contribution in [1.82, 2.24) is 10.6 Å². The van der Waals surface area contributed by atoms with Gasteiger partial charge in [0.2, 0.25) is 0 Å². The molecule has 0 amide bonds. The largest absolute Gasteiger partial charge is 0.492 e. The van der Waals surface area contributed by atoms with Crippen LogP contribution in [0.15, 0.2) is 59.6 Å². The summed E-state index contributed by atoms with van der Waals surface area (Å²) in [7, 11) is 0. The Hall–Kier alpha value is -2.24. The van der Waals surface area contributed by atoms with Crippen molar-refractivity contribution in [2.75, 3.05) is 26.2 Å². The van der Waals surface area contributed by atoms with E-state index in [4.69, 9.17) is 16.3 Å². The zero-order chi connectivity index (χ0) is 17.9. The molecule has 2 rings (SSSR count). The summed E-state index contributed by atoms with van der Waals surface area (Å²) in [5.74, 6) is 1.46. The number of nitrogens with zero attached hydrogens (tertiary/aromatic N) is 1. The number of para-hydroxylation sites is 1. The molecule has 1 unspecified atom stereocenters. The quantitative estimate of drug-likeness (QED) is 0.384. The van der Waals surface area contributed by atoms with Crippen LogP contribution in [0.5, 0.6) is 5.75 Å². The van der Waals surface area contributed by atoms with Crippen molar-refractivity contribution >= 4 is 17.6 Å². The molecule has 0 bridgehead atoms. The van der Waals surface area contributed by atoms with Crippen LogP contribution in [-0.4, -0.2) is 37.3 Å². The van der Waals surface area contributed by atoms with Gasteiger partial charge in [0.1, 0.15) is 18.5 Å². The number of nitrogens with one attached hydrogen (secondary N) is 2. The minimum Gasteiger partial charge on any atom is -0.492 e. The number of rotatable bonds is 8. The molecule has 134 valence electrons. The molecule has 0 aliphatic rings. The molecule has 0 spiro atoms. The average molecular weight is 362 g/mol. The summed E-state index contributed by atoms with van der Waals surface area (Å²) in [4.78, 5) is 4.41. The van der Waals surface area contributed by atoms with Gasteiger partial charge in [-0.15, -0.1) is 0 Å². The van der Waals surface area contributed by atoms with Crippen molar-refractivity contribution in [2.24, 2.45) is 4.99 Å². The lowest BCUT2D eigenvalue weighted by atomic mass is 10.1. The van der Waals surface area contributed by atoms with Gasteiger partial charge in [0, 0.05) is 17.1 Å². The molecule has 0 aromatic heterocycles. The average Bonchev–Trinajstić information content (AvgIpc) is 2.64. The van der Waals surface area contributed by atoms with Crippen LogP contribution in [-0.2, 0) is 0 Å². The van der Waals surface area contributed by atoms with Crippen LogP contribution in [0.2, 0.25) is 5.02 Å². The van der Waals surface area contributed by atoms with Crippen LogP contribution < -0.4 is 15.4 Å². The minimum absolute atomic E-state index is 0.221. The first-order chi connectivity index (χ1) is 12.2. The number of aliphatic hydroxyl groups is 1. The van der Waals surface area contributed by atoms with Crippen molar-refractivity contribution in [1.29, 1.82) is 0 Å². The van der Waals surface area contributed by atoms with E-state index in [2.05, 4.69) is 15.6 Å². The first-order valence-electron chi connectivity index (χ1n) is 8.33. The van der Waals surface area contributed by atoms with Gasteiger partial charge in [0.05, 0.1) is 13.1 Å². The second-order valence-corrected chi connectivity index (χ2v) is 5.75. The van der Waals surface area contributed by atoms with Crippen LogP contribution in [0.3, 0.4) is 0 Å². The summed E-state index contributed by atoms with van der Waals surface area (Å²) in [6.07, 6.45) is -0.746. The SMILES string of the molecule is CCNC(=NCC(O)c1ccccc1Cl)NCCOc1ccccc1. The predicted octanol–water partition coefficient (Wildman–Crippen LogP) is 3.01. The predicted molar refractivity (Wildman–Crippen MR) is 102 cm³/mol. The molecule has 1 atom stereocenters. The van der Waals surface area contributed by atoms with Gasteiger partial charge in [-0.05, 0) is 25.1 Å². The Kier molecular flexibility index (Phi) is 8.09. The number of aliphatic hydroxyl groups excluding tert-OH is 1. The Labute approximate surface area is 153 Å². The first kappa shape index (κ1) is 19.1. The van der Waals surface area contributed by atoms with E-state index in [1.165, 1.54) is 0 Å². The van der Waals surface area contributed by atoms with E-state index in [0.717, 1.165) is 12.3 Å². The van der Waals surface area contributed by atoms with Gasteiger partial charge in [-0.1, -0.05) is 48.0 Å². The highest BCUT2D eigenvalue weighted by molar-refractivity contribution is 6.31. The normalized spacial score (nSPS) is 12.5. The van der Waals surface area contributed by atoms with Gasteiger partial charge in [-0.2, -0.15) is 0 Å². The lowest BCUT2D eigenvalue weighted by Crippen LogP contribution is -2.39. The van der Waals surface area contributed by atoms with Crippen molar-refractivity contribution in [3.05, 3.63) is 65.2 Å². The van der Waals surface area contributed by atoms with E-state index in [0.29, 0.717) is 29.7 Å². The van der Waals surface area contributed by atoms with E-state index in [1.807, 2.05) is 49.4 Å². The van der Waals surface area contributed by atoms with Crippen LogP contribution in [0.25, 0.3) is 0 Å². The summed E-state index contributed by atoms with van der Waals surface area (Å²) in [5, 5.41) is 17.1. The fourth-order valence-corrected chi connectivity index (χ4v) is 2.48. The minimum atomic E-state index is -0.746. The van der Waals surface area contributed by atoms with E-state index in [9.17, 15) is 5.11 Å². The molecule has 0 saturated heterocycles. The summed E-state index contributed by atoms with van der Waals surface area (Å²) in [6, 6.07) is 16.9. The second kappa shape index (κ2) is 10.6.